The lowest BCUT2D eigenvalue weighted by atomic mass is 10.1. The van der Waals surface area contributed by atoms with Crippen molar-refractivity contribution in [2.24, 2.45) is 0 Å². The van der Waals surface area contributed by atoms with Crippen LogP contribution in [0.4, 0.5) is 0 Å². The molecule has 0 amide bonds. The molecule has 0 N–H and O–H groups in total. The number of fused-ring (bicyclic) bond motifs is 1. The van der Waals surface area contributed by atoms with Crippen molar-refractivity contribution in [2.75, 3.05) is 7.11 Å². The second kappa shape index (κ2) is 5.74. The van der Waals surface area contributed by atoms with Crippen LogP contribution in [-0.2, 0) is 11.3 Å². The highest BCUT2D eigenvalue weighted by molar-refractivity contribution is 6.04. The Morgan fingerprint density at radius 3 is 2.68 bits per heavy atom. The van der Waals surface area contributed by atoms with E-state index >= 15 is 0 Å². The third-order valence-corrected chi connectivity index (χ3v) is 3.67. The molecule has 3 aromatic rings. The number of carbonyl (C=O) groups excluding carboxylic acids is 1. The Morgan fingerprint density at radius 2 is 1.91 bits per heavy atom. The van der Waals surface area contributed by atoms with Gasteiger partial charge < -0.3 is 9.30 Å². The molecule has 0 spiro atoms. The topological polar surface area (TPSA) is 55.0 Å². The number of rotatable bonds is 3. The van der Waals surface area contributed by atoms with Gasteiger partial charge in [0.2, 0.25) is 0 Å². The van der Waals surface area contributed by atoms with Crippen molar-refractivity contribution >= 4 is 16.9 Å². The molecule has 0 unspecified atom stereocenters. The number of esters is 1. The lowest BCUT2D eigenvalue weighted by Gasteiger charge is -2.07. The molecule has 0 saturated carbocycles. The maximum Gasteiger partial charge on any atom is 0.340 e. The molecule has 0 atom stereocenters. The van der Waals surface area contributed by atoms with Crippen molar-refractivity contribution in [3.63, 3.8) is 0 Å². The number of hydrogen-bond donors (Lipinski definition) is 0. The Kier molecular flexibility index (Phi) is 3.63. The van der Waals surface area contributed by atoms with Crippen LogP contribution in [0.25, 0.3) is 10.9 Å². The maximum absolute atomic E-state index is 11.9. The van der Waals surface area contributed by atoms with E-state index in [-0.39, 0.29) is 5.97 Å². The molecule has 0 fully saturated rings. The summed E-state index contributed by atoms with van der Waals surface area (Å²) in [6.07, 6.45) is 1.78. The van der Waals surface area contributed by atoms with Crippen molar-refractivity contribution in [1.29, 1.82) is 5.26 Å². The van der Waals surface area contributed by atoms with Gasteiger partial charge in [-0.1, -0.05) is 36.4 Å². The van der Waals surface area contributed by atoms with Gasteiger partial charge in [-0.05, 0) is 17.7 Å². The number of nitrogens with zero attached hydrogens (tertiary/aromatic N) is 2. The van der Waals surface area contributed by atoms with Gasteiger partial charge in [-0.15, -0.1) is 0 Å². The third kappa shape index (κ3) is 2.33. The SMILES string of the molecule is COC(=O)c1cn(Cc2ccccc2C#N)c2ccccc12. The predicted octanol–water partition coefficient (Wildman–Crippen LogP) is 3.35. The summed E-state index contributed by atoms with van der Waals surface area (Å²) in [5, 5.41) is 10.1. The maximum atomic E-state index is 11.9. The zero-order chi connectivity index (χ0) is 15.5. The van der Waals surface area contributed by atoms with Crippen molar-refractivity contribution < 1.29 is 9.53 Å². The first-order valence-electron chi connectivity index (χ1n) is 6.89. The van der Waals surface area contributed by atoms with Crippen molar-refractivity contribution in [3.05, 3.63) is 71.4 Å². The fourth-order valence-corrected chi connectivity index (χ4v) is 2.60. The fourth-order valence-electron chi connectivity index (χ4n) is 2.60. The molecule has 0 aliphatic heterocycles. The van der Waals surface area contributed by atoms with Gasteiger partial charge in [0.25, 0.3) is 0 Å². The molecule has 1 heterocycles. The lowest BCUT2D eigenvalue weighted by Crippen LogP contribution is -2.02. The van der Waals surface area contributed by atoms with Crippen molar-refractivity contribution in [1.82, 2.24) is 4.57 Å². The zero-order valence-corrected chi connectivity index (χ0v) is 12.1. The van der Waals surface area contributed by atoms with E-state index in [1.807, 2.05) is 47.0 Å². The zero-order valence-electron chi connectivity index (χ0n) is 12.1. The number of carbonyl (C=O) groups is 1. The van der Waals surface area contributed by atoms with Crippen molar-refractivity contribution in [3.8, 4) is 6.07 Å². The van der Waals surface area contributed by atoms with Gasteiger partial charge in [0, 0.05) is 23.6 Å². The van der Waals surface area contributed by atoms with Gasteiger partial charge in [0.05, 0.1) is 24.3 Å². The van der Waals surface area contributed by atoms with Gasteiger partial charge >= 0.3 is 5.97 Å². The van der Waals surface area contributed by atoms with Crippen LogP contribution in [0.5, 0.6) is 0 Å². The lowest BCUT2D eigenvalue weighted by molar-refractivity contribution is 0.0602. The molecule has 0 aliphatic rings. The van der Waals surface area contributed by atoms with Crippen molar-refractivity contribution in [2.45, 2.75) is 6.54 Å². The highest BCUT2D eigenvalue weighted by atomic mass is 16.5. The minimum Gasteiger partial charge on any atom is -0.465 e. The molecular formula is C18H14N2O2. The highest BCUT2D eigenvalue weighted by Gasteiger charge is 2.15. The van der Waals surface area contributed by atoms with E-state index in [0.717, 1.165) is 16.5 Å². The average Bonchev–Trinajstić information content (AvgIpc) is 2.93. The van der Waals surface area contributed by atoms with Gasteiger partial charge in [0.15, 0.2) is 0 Å². The number of methoxy groups -OCH3 is 1. The van der Waals surface area contributed by atoms with E-state index < -0.39 is 0 Å². The van der Waals surface area contributed by atoms with Crippen LogP contribution < -0.4 is 0 Å². The number of ether oxygens (including phenoxy) is 1. The first-order chi connectivity index (χ1) is 10.7. The largest absolute Gasteiger partial charge is 0.465 e. The van der Waals surface area contributed by atoms with Crippen LogP contribution in [0.2, 0.25) is 0 Å². The molecule has 3 rings (SSSR count). The molecule has 4 nitrogen and oxygen atoms in total. The minimum atomic E-state index is -0.358. The monoisotopic (exact) mass is 290 g/mol. The molecule has 22 heavy (non-hydrogen) atoms. The number of benzene rings is 2. The van der Waals surface area contributed by atoms with E-state index in [4.69, 9.17) is 4.74 Å². The molecule has 2 aromatic carbocycles. The third-order valence-electron chi connectivity index (χ3n) is 3.67. The summed E-state index contributed by atoms with van der Waals surface area (Å²) in [6.45, 7) is 0.529. The van der Waals surface area contributed by atoms with Crippen LogP contribution >= 0.6 is 0 Å². The molecule has 0 bridgehead atoms. The summed E-state index contributed by atoms with van der Waals surface area (Å²) < 4.78 is 6.82. The van der Waals surface area contributed by atoms with Gasteiger partial charge in [0.1, 0.15) is 0 Å². The number of aromatic nitrogens is 1. The smallest absolute Gasteiger partial charge is 0.340 e. The van der Waals surface area contributed by atoms with Gasteiger partial charge in [-0.2, -0.15) is 5.26 Å². The van der Waals surface area contributed by atoms with E-state index in [1.165, 1.54) is 7.11 Å². The number of nitriles is 1. The quantitative estimate of drug-likeness (QED) is 0.695. The summed E-state index contributed by atoms with van der Waals surface area (Å²) in [5.74, 6) is -0.358. The molecule has 0 aliphatic carbocycles. The molecule has 1 aromatic heterocycles. The second-order valence-electron chi connectivity index (χ2n) is 4.95. The summed E-state index contributed by atoms with van der Waals surface area (Å²) in [7, 11) is 1.37. The van der Waals surface area contributed by atoms with Crippen LogP contribution in [0.3, 0.4) is 0 Å². The van der Waals surface area contributed by atoms with Gasteiger partial charge in [-0.3, -0.25) is 0 Å². The Labute approximate surface area is 128 Å². The molecule has 0 radical (unpaired) electrons. The first-order valence-corrected chi connectivity index (χ1v) is 6.89. The Hall–Kier alpha value is -3.06. The first kappa shape index (κ1) is 13.9. The Balaban J connectivity index is 2.12. The van der Waals surface area contributed by atoms with E-state index in [1.54, 1.807) is 12.3 Å². The van der Waals surface area contributed by atoms with Crippen LogP contribution in [0.1, 0.15) is 21.5 Å². The summed E-state index contributed by atoms with van der Waals surface area (Å²) in [4.78, 5) is 11.9. The summed E-state index contributed by atoms with van der Waals surface area (Å²) >= 11 is 0. The molecule has 0 saturated heterocycles. The average molecular weight is 290 g/mol. The van der Waals surface area contributed by atoms with Crippen LogP contribution in [0, 0.1) is 11.3 Å². The number of hydrogen-bond acceptors (Lipinski definition) is 3. The van der Waals surface area contributed by atoms with Crippen LogP contribution in [0.15, 0.2) is 54.7 Å². The van der Waals surface area contributed by atoms with E-state index in [2.05, 4.69) is 6.07 Å². The van der Waals surface area contributed by atoms with Gasteiger partial charge in [-0.25, -0.2) is 4.79 Å². The molecule has 4 heteroatoms. The highest BCUT2D eigenvalue weighted by Crippen LogP contribution is 2.23. The predicted molar refractivity (Wildman–Crippen MR) is 83.5 cm³/mol. The molecular weight excluding hydrogens is 276 g/mol. The number of para-hydroxylation sites is 1. The summed E-state index contributed by atoms with van der Waals surface area (Å²) in [6, 6.07) is 17.3. The summed E-state index contributed by atoms with van der Waals surface area (Å²) in [5.41, 5.74) is 3.03. The fraction of sp³-hybridized carbons (Fsp3) is 0.111. The Bertz CT molecular complexity index is 887. The van der Waals surface area contributed by atoms with E-state index in [9.17, 15) is 10.1 Å². The van der Waals surface area contributed by atoms with Crippen LogP contribution in [-0.4, -0.2) is 17.6 Å². The normalized spacial score (nSPS) is 10.4. The Morgan fingerprint density at radius 1 is 1.18 bits per heavy atom. The van der Waals surface area contributed by atoms with E-state index in [0.29, 0.717) is 17.7 Å². The molecule has 108 valence electrons. The minimum absolute atomic E-state index is 0.358. The standard InChI is InChI=1S/C18H14N2O2/c1-22-18(21)16-12-20(17-9-5-4-8-15(16)17)11-14-7-3-2-6-13(14)10-19/h2-9,12H,11H2,1H3. The second-order valence-corrected chi connectivity index (χ2v) is 4.95.